The molecule has 0 spiro atoms. The van der Waals surface area contributed by atoms with Gasteiger partial charge in [-0.1, -0.05) is 6.92 Å². The fourth-order valence-corrected chi connectivity index (χ4v) is 2.35. The van der Waals surface area contributed by atoms with Crippen LogP contribution in [0.5, 0.6) is 0 Å². The first-order chi connectivity index (χ1) is 7.04. The van der Waals surface area contributed by atoms with Crippen molar-refractivity contribution in [2.24, 2.45) is 0 Å². The zero-order valence-electron chi connectivity index (χ0n) is 9.28. The van der Waals surface area contributed by atoms with Crippen molar-refractivity contribution < 1.29 is 9.90 Å². The molecule has 0 bridgehead atoms. The molecule has 4 heteroatoms. The minimum Gasteiger partial charge on any atom is -0.480 e. The fraction of sp³-hybridized carbons (Fsp3) is 0.545. The molecule has 0 aliphatic rings. The Balaban J connectivity index is 2.83. The van der Waals surface area contributed by atoms with Gasteiger partial charge in [0, 0.05) is 15.8 Å². The van der Waals surface area contributed by atoms with Gasteiger partial charge in [0.05, 0.1) is 0 Å². The molecule has 0 aromatic carbocycles. The summed E-state index contributed by atoms with van der Waals surface area (Å²) in [7, 11) is 0. The molecule has 2 N–H and O–H groups in total. The summed E-state index contributed by atoms with van der Waals surface area (Å²) in [6.07, 6.45) is 0.957. The summed E-state index contributed by atoms with van der Waals surface area (Å²) in [5, 5.41) is 12.1. The minimum atomic E-state index is -0.812. The number of carbonyl (C=O) groups is 1. The molecule has 1 aromatic heterocycles. The summed E-state index contributed by atoms with van der Waals surface area (Å²) in [5.41, 5.74) is 0. The number of hydrogen-bond donors (Lipinski definition) is 2. The Morgan fingerprint density at radius 3 is 2.60 bits per heavy atom. The van der Waals surface area contributed by atoms with Gasteiger partial charge in [-0.25, -0.2) is 0 Å². The molecular weight excluding hydrogens is 210 g/mol. The maximum Gasteiger partial charge on any atom is 0.326 e. The van der Waals surface area contributed by atoms with Crippen molar-refractivity contribution in [1.82, 2.24) is 5.32 Å². The molecule has 0 radical (unpaired) electrons. The highest BCUT2D eigenvalue weighted by Gasteiger charge is 2.21. The van der Waals surface area contributed by atoms with Gasteiger partial charge in [-0.05, 0) is 32.4 Å². The number of hydrogen-bond acceptors (Lipinski definition) is 3. The van der Waals surface area contributed by atoms with Gasteiger partial charge >= 0.3 is 5.97 Å². The van der Waals surface area contributed by atoms with Gasteiger partial charge < -0.3 is 5.11 Å². The van der Waals surface area contributed by atoms with Gasteiger partial charge in [-0.15, -0.1) is 11.3 Å². The van der Waals surface area contributed by atoms with E-state index in [2.05, 4.69) is 12.2 Å². The first kappa shape index (κ1) is 12.2. The third kappa shape index (κ3) is 3.32. The predicted molar refractivity (Wildman–Crippen MR) is 62.3 cm³/mol. The number of rotatable bonds is 5. The summed E-state index contributed by atoms with van der Waals surface area (Å²) in [6, 6.07) is 3.49. The van der Waals surface area contributed by atoms with Crippen molar-refractivity contribution in [3.05, 3.63) is 21.9 Å². The van der Waals surface area contributed by atoms with E-state index in [1.165, 1.54) is 4.88 Å². The lowest BCUT2D eigenvalue weighted by molar-refractivity contribution is -0.139. The van der Waals surface area contributed by atoms with E-state index in [1.807, 2.05) is 26.0 Å². The van der Waals surface area contributed by atoms with E-state index in [4.69, 9.17) is 5.11 Å². The van der Waals surface area contributed by atoms with Gasteiger partial charge in [0.25, 0.3) is 0 Å². The van der Waals surface area contributed by atoms with Crippen LogP contribution in [0.15, 0.2) is 12.1 Å². The van der Waals surface area contributed by atoms with Crippen molar-refractivity contribution in [3.63, 3.8) is 0 Å². The number of thiophene rings is 1. The smallest absolute Gasteiger partial charge is 0.326 e. The Morgan fingerprint density at radius 2 is 2.20 bits per heavy atom. The van der Waals surface area contributed by atoms with E-state index in [-0.39, 0.29) is 6.04 Å². The summed E-state index contributed by atoms with van der Waals surface area (Å²) < 4.78 is 0. The van der Waals surface area contributed by atoms with E-state index >= 15 is 0 Å². The van der Waals surface area contributed by atoms with Crippen molar-refractivity contribution in [2.45, 2.75) is 39.3 Å². The lowest BCUT2D eigenvalue weighted by Crippen LogP contribution is -2.32. The number of aliphatic carboxylic acids is 1. The molecule has 1 atom stereocenters. The van der Waals surface area contributed by atoms with Crippen LogP contribution in [0.25, 0.3) is 0 Å². The summed E-state index contributed by atoms with van der Waals surface area (Å²) in [6.45, 7) is 5.97. The largest absolute Gasteiger partial charge is 0.480 e. The van der Waals surface area contributed by atoms with E-state index in [1.54, 1.807) is 11.3 Å². The van der Waals surface area contributed by atoms with Crippen LogP contribution >= 0.6 is 11.3 Å². The molecule has 0 saturated heterocycles. The Hall–Kier alpha value is -0.870. The molecule has 1 heterocycles. The third-order valence-corrected chi connectivity index (χ3v) is 3.36. The van der Waals surface area contributed by atoms with Crippen LogP contribution < -0.4 is 5.32 Å². The zero-order chi connectivity index (χ0) is 11.4. The molecule has 0 fully saturated rings. The SMILES string of the molecule is CCc1ccc(C(NC(C)C)C(=O)O)s1. The van der Waals surface area contributed by atoms with E-state index in [0.29, 0.717) is 0 Å². The van der Waals surface area contributed by atoms with Crippen molar-refractivity contribution >= 4 is 17.3 Å². The Labute approximate surface area is 94.1 Å². The predicted octanol–water partition coefficient (Wildman–Crippen LogP) is 2.43. The summed E-state index contributed by atoms with van der Waals surface area (Å²) in [4.78, 5) is 13.2. The first-order valence-corrected chi connectivity index (χ1v) is 5.93. The molecule has 15 heavy (non-hydrogen) atoms. The zero-order valence-corrected chi connectivity index (χ0v) is 10.1. The molecule has 1 rings (SSSR count). The third-order valence-electron chi connectivity index (χ3n) is 2.06. The number of carboxylic acid groups (broad SMARTS) is 1. The maximum atomic E-state index is 11.1. The van der Waals surface area contributed by atoms with Gasteiger partial charge in [-0.2, -0.15) is 0 Å². The molecule has 1 unspecified atom stereocenters. The number of aryl methyl sites for hydroxylation is 1. The van der Waals surface area contributed by atoms with Crippen LogP contribution in [0.3, 0.4) is 0 Å². The normalized spacial score (nSPS) is 13.1. The molecule has 0 aliphatic carbocycles. The average molecular weight is 227 g/mol. The number of carboxylic acids is 1. The van der Waals surface area contributed by atoms with Gasteiger partial charge in [0.15, 0.2) is 0 Å². The van der Waals surface area contributed by atoms with Crippen LogP contribution in [-0.4, -0.2) is 17.1 Å². The molecule has 84 valence electrons. The second kappa shape index (κ2) is 5.28. The molecule has 0 amide bonds. The Bertz CT molecular complexity index is 333. The summed E-state index contributed by atoms with van der Waals surface area (Å²) >= 11 is 1.57. The van der Waals surface area contributed by atoms with E-state index in [0.717, 1.165) is 11.3 Å². The second-order valence-corrected chi connectivity index (χ2v) is 4.95. The van der Waals surface area contributed by atoms with Gasteiger partial charge in [0.1, 0.15) is 6.04 Å². The lowest BCUT2D eigenvalue weighted by Gasteiger charge is -2.15. The highest BCUT2D eigenvalue weighted by atomic mass is 32.1. The van der Waals surface area contributed by atoms with E-state index < -0.39 is 12.0 Å². The molecule has 1 aromatic rings. The van der Waals surface area contributed by atoms with Crippen molar-refractivity contribution in [1.29, 1.82) is 0 Å². The first-order valence-electron chi connectivity index (χ1n) is 5.12. The van der Waals surface area contributed by atoms with Crippen LogP contribution in [0.2, 0.25) is 0 Å². The van der Waals surface area contributed by atoms with Crippen molar-refractivity contribution in [3.8, 4) is 0 Å². The maximum absolute atomic E-state index is 11.1. The molecule has 3 nitrogen and oxygen atoms in total. The quantitative estimate of drug-likeness (QED) is 0.812. The minimum absolute atomic E-state index is 0.165. The lowest BCUT2D eigenvalue weighted by atomic mass is 10.2. The standard InChI is InChI=1S/C11H17NO2S/c1-4-8-5-6-9(15-8)10(11(13)14)12-7(2)3/h5-7,10,12H,4H2,1-3H3,(H,13,14). The van der Waals surface area contributed by atoms with Crippen LogP contribution in [0.4, 0.5) is 0 Å². The Morgan fingerprint density at radius 1 is 1.53 bits per heavy atom. The molecular formula is C11H17NO2S. The molecule has 0 aliphatic heterocycles. The van der Waals surface area contributed by atoms with Gasteiger partial charge in [-0.3, -0.25) is 10.1 Å². The van der Waals surface area contributed by atoms with Crippen LogP contribution in [0, 0.1) is 0 Å². The highest BCUT2D eigenvalue weighted by Crippen LogP contribution is 2.24. The Kier molecular flexibility index (Phi) is 4.29. The van der Waals surface area contributed by atoms with Crippen LogP contribution in [-0.2, 0) is 11.2 Å². The monoisotopic (exact) mass is 227 g/mol. The van der Waals surface area contributed by atoms with Gasteiger partial charge in [0.2, 0.25) is 0 Å². The van der Waals surface area contributed by atoms with E-state index in [9.17, 15) is 4.79 Å². The highest BCUT2D eigenvalue weighted by molar-refractivity contribution is 7.12. The molecule has 0 saturated carbocycles. The second-order valence-electron chi connectivity index (χ2n) is 3.75. The summed E-state index contributed by atoms with van der Waals surface area (Å²) in [5.74, 6) is -0.812. The van der Waals surface area contributed by atoms with Crippen LogP contribution in [0.1, 0.15) is 36.6 Å². The fourth-order valence-electron chi connectivity index (χ4n) is 1.35. The number of nitrogens with one attached hydrogen (secondary N) is 1. The average Bonchev–Trinajstić information content (AvgIpc) is 2.61. The van der Waals surface area contributed by atoms with Crippen molar-refractivity contribution in [2.75, 3.05) is 0 Å². The topological polar surface area (TPSA) is 49.3 Å².